The Kier molecular flexibility index (Phi) is 5.04. The van der Waals surface area contributed by atoms with Gasteiger partial charge in [0.1, 0.15) is 0 Å². The van der Waals surface area contributed by atoms with Gasteiger partial charge in [0.15, 0.2) is 0 Å². The van der Waals surface area contributed by atoms with Gasteiger partial charge in [0, 0.05) is 36.8 Å². The number of hydrogen-bond donors (Lipinski definition) is 0. The Morgan fingerprint density at radius 2 is 1.87 bits per heavy atom. The summed E-state index contributed by atoms with van der Waals surface area (Å²) in [6.07, 6.45) is 0.921. The first kappa shape index (κ1) is 17.4. The van der Waals surface area contributed by atoms with E-state index >= 15 is 0 Å². The molecule has 0 unspecified atom stereocenters. The van der Waals surface area contributed by atoms with Gasteiger partial charge in [-0.1, -0.05) is 26.8 Å². The predicted molar refractivity (Wildman–Crippen MR) is 89.8 cm³/mol. The molecule has 1 aromatic carbocycles. The van der Waals surface area contributed by atoms with E-state index < -0.39 is 4.92 Å². The second-order valence-electron chi connectivity index (χ2n) is 7.19. The Hall–Kier alpha value is -1.95. The fourth-order valence-corrected chi connectivity index (χ4v) is 2.88. The van der Waals surface area contributed by atoms with Crippen LogP contribution in [0.5, 0.6) is 0 Å². The molecule has 0 atom stereocenters. The van der Waals surface area contributed by atoms with Crippen LogP contribution in [0.25, 0.3) is 0 Å². The van der Waals surface area contributed by atoms with Crippen molar-refractivity contribution in [2.24, 2.45) is 0 Å². The number of benzene rings is 1. The molecule has 0 bridgehead atoms. The van der Waals surface area contributed by atoms with Crippen molar-refractivity contribution in [3.8, 4) is 0 Å². The fraction of sp³-hybridized carbons (Fsp3) is 0.588. The molecule has 1 aromatic rings. The van der Waals surface area contributed by atoms with Gasteiger partial charge in [0.2, 0.25) is 0 Å². The molecule has 1 saturated heterocycles. The molecule has 2 rings (SSSR count). The highest BCUT2D eigenvalue weighted by Crippen LogP contribution is 2.32. The van der Waals surface area contributed by atoms with Gasteiger partial charge in [0.25, 0.3) is 11.6 Å². The van der Waals surface area contributed by atoms with Gasteiger partial charge < -0.3 is 9.80 Å². The minimum Gasteiger partial charge on any atom is -0.337 e. The topological polar surface area (TPSA) is 66.7 Å². The van der Waals surface area contributed by atoms with Crippen molar-refractivity contribution in [3.63, 3.8) is 0 Å². The van der Waals surface area contributed by atoms with Gasteiger partial charge in [-0.3, -0.25) is 14.9 Å². The van der Waals surface area contributed by atoms with E-state index in [1.165, 1.54) is 6.07 Å². The average molecular weight is 319 g/mol. The molecule has 6 nitrogen and oxygen atoms in total. The van der Waals surface area contributed by atoms with Crippen LogP contribution in [-0.2, 0) is 5.41 Å². The molecule has 0 N–H and O–H groups in total. The quantitative estimate of drug-likeness (QED) is 0.621. The monoisotopic (exact) mass is 319 g/mol. The molecule has 1 heterocycles. The van der Waals surface area contributed by atoms with Crippen LogP contribution in [0.2, 0.25) is 0 Å². The van der Waals surface area contributed by atoms with Crippen molar-refractivity contribution in [1.29, 1.82) is 0 Å². The summed E-state index contributed by atoms with van der Waals surface area (Å²) in [5, 5.41) is 11.4. The summed E-state index contributed by atoms with van der Waals surface area (Å²) in [6, 6.07) is 4.86. The molecule has 1 amide bonds. The summed E-state index contributed by atoms with van der Waals surface area (Å²) in [5.74, 6) is -0.121. The molecule has 0 spiro atoms. The van der Waals surface area contributed by atoms with E-state index in [0.717, 1.165) is 19.5 Å². The molecular formula is C17H25N3O3. The molecular weight excluding hydrogens is 294 g/mol. The van der Waals surface area contributed by atoms with Crippen molar-refractivity contribution in [3.05, 3.63) is 39.4 Å². The lowest BCUT2D eigenvalue weighted by Gasteiger charge is -2.22. The predicted octanol–water partition coefficient (Wildman–Crippen LogP) is 2.67. The first-order chi connectivity index (χ1) is 10.7. The Morgan fingerprint density at radius 3 is 2.48 bits per heavy atom. The lowest BCUT2D eigenvalue weighted by atomic mass is 9.85. The molecule has 6 heteroatoms. The van der Waals surface area contributed by atoms with Crippen molar-refractivity contribution in [2.45, 2.75) is 32.6 Å². The minimum atomic E-state index is -0.395. The highest BCUT2D eigenvalue weighted by molar-refractivity contribution is 5.95. The van der Waals surface area contributed by atoms with E-state index in [1.54, 1.807) is 17.0 Å². The van der Waals surface area contributed by atoms with Gasteiger partial charge in [-0.15, -0.1) is 0 Å². The zero-order valence-corrected chi connectivity index (χ0v) is 14.3. The number of hydrogen-bond acceptors (Lipinski definition) is 4. The van der Waals surface area contributed by atoms with Crippen LogP contribution >= 0.6 is 0 Å². The molecule has 1 aliphatic rings. The summed E-state index contributed by atoms with van der Waals surface area (Å²) in [7, 11) is 2.04. The second-order valence-corrected chi connectivity index (χ2v) is 7.19. The highest BCUT2D eigenvalue weighted by atomic mass is 16.6. The van der Waals surface area contributed by atoms with E-state index in [9.17, 15) is 14.9 Å². The maximum absolute atomic E-state index is 12.7. The van der Waals surface area contributed by atoms with Gasteiger partial charge >= 0.3 is 0 Å². The number of likely N-dealkylation sites (N-methyl/N-ethyl adjacent to an activating group) is 1. The number of carbonyl (C=O) groups excluding carboxylic acids is 1. The number of rotatable bonds is 2. The fourth-order valence-electron chi connectivity index (χ4n) is 2.88. The van der Waals surface area contributed by atoms with Crippen LogP contribution in [0.15, 0.2) is 18.2 Å². The average Bonchev–Trinajstić information content (AvgIpc) is 2.69. The summed E-state index contributed by atoms with van der Waals surface area (Å²) < 4.78 is 0. The van der Waals surface area contributed by atoms with Gasteiger partial charge in [-0.2, -0.15) is 0 Å². The zero-order valence-electron chi connectivity index (χ0n) is 14.3. The highest BCUT2D eigenvalue weighted by Gasteiger charge is 2.27. The lowest BCUT2D eigenvalue weighted by Crippen LogP contribution is -2.34. The smallest absolute Gasteiger partial charge is 0.273 e. The first-order valence-corrected chi connectivity index (χ1v) is 7.97. The second kappa shape index (κ2) is 6.66. The Balaban J connectivity index is 2.31. The number of nitrogens with zero attached hydrogens (tertiary/aromatic N) is 3. The summed E-state index contributed by atoms with van der Waals surface area (Å²) in [4.78, 5) is 27.7. The minimum absolute atomic E-state index is 0.0234. The van der Waals surface area contributed by atoms with Crippen LogP contribution < -0.4 is 0 Å². The Labute approximate surface area is 137 Å². The Bertz CT molecular complexity index is 608. The molecule has 1 aliphatic heterocycles. The zero-order chi connectivity index (χ0) is 17.2. The van der Waals surface area contributed by atoms with Crippen molar-refractivity contribution < 1.29 is 9.72 Å². The third-order valence-electron chi connectivity index (χ3n) is 4.26. The van der Waals surface area contributed by atoms with Gasteiger partial charge in [0.05, 0.1) is 4.92 Å². The van der Waals surface area contributed by atoms with E-state index in [0.29, 0.717) is 24.2 Å². The SMILES string of the molecule is CN1CCCN(C(=O)c2ccc(C(C)(C)C)c([N+](=O)[O-])c2)CC1. The van der Waals surface area contributed by atoms with E-state index in [2.05, 4.69) is 4.90 Å². The normalized spacial score (nSPS) is 17.0. The molecule has 126 valence electrons. The molecule has 1 fully saturated rings. The van der Waals surface area contributed by atoms with Gasteiger partial charge in [-0.25, -0.2) is 0 Å². The maximum atomic E-state index is 12.7. The van der Waals surface area contributed by atoms with E-state index in [1.807, 2.05) is 27.8 Å². The largest absolute Gasteiger partial charge is 0.337 e. The van der Waals surface area contributed by atoms with E-state index in [4.69, 9.17) is 0 Å². The summed E-state index contributed by atoms with van der Waals surface area (Å²) in [6.45, 7) is 8.94. The standard InChI is InChI=1S/C17H25N3O3/c1-17(2,3)14-7-6-13(12-15(14)20(22)23)16(21)19-9-5-8-18(4)10-11-19/h6-7,12H,5,8-11H2,1-4H3. The van der Waals surface area contributed by atoms with Gasteiger partial charge in [-0.05, 0) is 31.5 Å². The molecule has 0 aromatic heterocycles. The lowest BCUT2D eigenvalue weighted by molar-refractivity contribution is -0.386. The summed E-state index contributed by atoms with van der Waals surface area (Å²) >= 11 is 0. The summed E-state index contributed by atoms with van der Waals surface area (Å²) in [5.41, 5.74) is 0.731. The number of nitro groups is 1. The van der Waals surface area contributed by atoms with Crippen molar-refractivity contribution >= 4 is 11.6 Å². The third-order valence-corrected chi connectivity index (χ3v) is 4.26. The molecule has 0 saturated carbocycles. The van der Waals surface area contributed by atoms with E-state index in [-0.39, 0.29) is 17.0 Å². The van der Waals surface area contributed by atoms with Crippen LogP contribution in [-0.4, -0.2) is 53.9 Å². The molecule has 0 aliphatic carbocycles. The molecule has 23 heavy (non-hydrogen) atoms. The maximum Gasteiger partial charge on any atom is 0.273 e. The number of nitro benzene ring substituents is 1. The first-order valence-electron chi connectivity index (χ1n) is 7.97. The van der Waals surface area contributed by atoms with Crippen LogP contribution in [0.4, 0.5) is 5.69 Å². The van der Waals surface area contributed by atoms with Crippen molar-refractivity contribution in [2.75, 3.05) is 33.2 Å². The van der Waals surface area contributed by atoms with Crippen molar-refractivity contribution in [1.82, 2.24) is 9.80 Å². The molecule has 0 radical (unpaired) electrons. The number of amides is 1. The Morgan fingerprint density at radius 1 is 1.17 bits per heavy atom. The third kappa shape index (κ3) is 4.07. The van der Waals surface area contributed by atoms with Crippen LogP contribution in [0, 0.1) is 10.1 Å². The van der Waals surface area contributed by atoms with Crippen LogP contribution in [0.3, 0.4) is 0 Å². The van der Waals surface area contributed by atoms with Crippen LogP contribution in [0.1, 0.15) is 43.1 Å². The number of carbonyl (C=O) groups is 1.